The fraction of sp³-hybridized carbons (Fsp3) is 0.385. The third-order valence-electron chi connectivity index (χ3n) is 3.41. The van der Waals surface area contributed by atoms with Crippen LogP contribution in [0.2, 0.25) is 0 Å². The van der Waals surface area contributed by atoms with Crippen LogP contribution in [0, 0.1) is 21.4 Å². The van der Waals surface area contributed by atoms with Crippen molar-refractivity contribution in [3.05, 3.63) is 33.9 Å². The van der Waals surface area contributed by atoms with Crippen LogP contribution >= 0.6 is 12.4 Å². The Morgan fingerprint density at radius 1 is 1.59 bits per heavy atom. The topological polar surface area (TPSA) is 125 Å². The minimum Gasteiger partial charge on any atom is -0.369 e. The van der Waals surface area contributed by atoms with E-state index in [-0.39, 0.29) is 36.2 Å². The summed E-state index contributed by atoms with van der Waals surface area (Å²) in [5.74, 6) is -0.415. The number of non-ortho nitro benzene ring substituents is 1. The fourth-order valence-electron chi connectivity index (χ4n) is 2.39. The van der Waals surface area contributed by atoms with E-state index in [1.807, 2.05) is 11.0 Å². The maximum absolute atomic E-state index is 10.7. The zero-order valence-corrected chi connectivity index (χ0v) is 12.5. The van der Waals surface area contributed by atoms with Gasteiger partial charge < -0.3 is 16.0 Å². The van der Waals surface area contributed by atoms with Gasteiger partial charge in [-0.15, -0.1) is 12.4 Å². The van der Waals surface area contributed by atoms with Crippen LogP contribution in [0.15, 0.2) is 18.2 Å². The SMILES string of the molecule is Cl.N#Cc1cc([N+](=O)[O-])ccc1N1CC[C@H](NCC(N)=O)C1. The first-order valence-electron chi connectivity index (χ1n) is 6.46. The minimum absolute atomic E-state index is 0. The molecule has 0 unspecified atom stereocenters. The highest BCUT2D eigenvalue weighted by atomic mass is 35.5. The summed E-state index contributed by atoms with van der Waals surface area (Å²) in [5.41, 5.74) is 5.94. The monoisotopic (exact) mass is 325 g/mol. The first kappa shape index (κ1) is 17.7. The van der Waals surface area contributed by atoms with Crippen LogP contribution in [0.1, 0.15) is 12.0 Å². The molecule has 1 atom stereocenters. The molecule has 1 fully saturated rings. The molecule has 0 saturated carbocycles. The van der Waals surface area contributed by atoms with E-state index in [1.54, 1.807) is 6.07 Å². The van der Waals surface area contributed by atoms with Crippen LogP contribution in [0.3, 0.4) is 0 Å². The van der Waals surface area contributed by atoms with Crippen LogP contribution < -0.4 is 16.0 Å². The highest BCUT2D eigenvalue weighted by molar-refractivity contribution is 5.85. The molecule has 0 radical (unpaired) electrons. The fourth-order valence-corrected chi connectivity index (χ4v) is 2.39. The van der Waals surface area contributed by atoms with E-state index in [2.05, 4.69) is 5.32 Å². The molecule has 0 bridgehead atoms. The number of nitriles is 1. The summed E-state index contributed by atoms with van der Waals surface area (Å²) in [7, 11) is 0. The van der Waals surface area contributed by atoms with E-state index in [0.29, 0.717) is 18.8 Å². The lowest BCUT2D eigenvalue weighted by atomic mass is 10.1. The second-order valence-electron chi connectivity index (χ2n) is 4.85. The molecule has 0 aliphatic carbocycles. The number of hydrogen-bond acceptors (Lipinski definition) is 6. The largest absolute Gasteiger partial charge is 0.369 e. The Hall–Kier alpha value is -2.37. The number of carbonyl (C=O) groups is 1. The lowest BCUT2D eigenvalue weighted by Crippen LogP contribution is -2.38. The molecule has 1 aliphatic rings. The summed E-state index contributed by atoms with van der Waals surface area (Å²) < 4.78 is 0. The standard InChI is InChI=1S/C13H15N5O3.ClH/c14-6-9-5-11(18(20)21)1-2-12(9)17-4-3-10(8-17)16-7-13(15)19;/h1-2,5,10,16H,3-4,7-8H2,(H2,15,19);1H/t10-;/m0./s1. The van der Waals surface area contributed by atoms with Crippen molar-refractivity contribution in [3.8, 4) is 6.07 Å². The number of nitrogens with zero attached hydrogens (tertiary/aromatic N) is 3. The second kappa shape index (κ2) is 7.59. The molecule has 0 spiro atoms. The average Bonchev–Trinajstić information content (AvgIpc) is 2.93. The average molecular weight is 326 g/mol. The Labute approximate surface area is 133 Å². The first-order chi connectivity index (χ1) is 10.0. The van der Waals surface area contributed by atoms with Crippen LogP contribution in [0.25, 0.3) is 0 Å². The van der Waals surface area contributed by atoms with E-state index in [0.717, 1.165) is 6.42 Å². The number of nitro benzene ring substituents is 1. The number of nitro groups is 1. The van der Waals surface area contributed by atoms with E-state index >= 15 is 0 Å². The summed E-state index contributed by atoms with van der Waals surface area (Å²) in [6.45, 7) is 1.45. The Balaban J connectivity index is 0.00000242. The Morgan fingerprint density at radius 3 is 2.91 bits per heavy atom. The number of amides is 1. The summed E-state index contributed by atoms with van der Waals surface area (Å²) in [6, 6.07) is 6.36. The Kier molecular flexibility index (Phi) is 6.10. The number of rotatable bonds is 5. The molecule has 118 valence electrons. The number of hydrogen-bond donors (Lipinski definition) is 2. The normalized spacial score (nSPS) is 16.7. The molecule has 1 aliphatic heterocycles. The van der Waals surface area contributed by atoms with Gasteiger partial charge in [0.15, 0.2) is 0 Å². The van der Waals surface area contributed by atoms with Gasteiger partial charge in [0, 0.05) is 31.3 Å². The molecule has 0 aromatic heterocycles. The van der Waals surface area contributed by atoms with Crippen molar-refractivity contribution in [2.24, 2.45) is 5.73 Å². The van der Waals surface area contributed by atoms with E-state index in [9.17, 15) is 14.9 Å². The van der Waals surface area contributed by atoms with Gasteiger partial charge in [-0.3, -0.25) is 14.9 Å². The van der Waals surface area contributed by atoms with Gasteiger partial charge in [0.25, 0.3) is 5.69 Å². The minimum atomic E-state index is -0.522. The van der Waals surface area contributed by atoms with Crippen molar-refractivity contribution < 1.29 is 9.72 Å². The number of anilines is 1. The molecular formula is C13H16ClN5O3. The van der Waals surface area contributed by atoms with Crippen molar-refractivity contribution in [2.45, 2.75) is 12.5 Å². The summed E-state index contributed by atoms with van der Waals surface area (Å²) >= 11 is 0. The molecule has 9 heteroatoms. The number of primary amides is 1. The third kappa shape index (κ3) is 4.07. The van der Waals surface area contributed by atoms with E-state index < -0.39 is 10.8 Å². The number of halogens is 1. The van der Waals surface area contributed by atoms with Crippen LogP contribution in [-0.4, -0.2) is 36.5 Å². The van der Waals surface area contributed by atoms with Gasteiger partial charge in [-0.05, 0) is 12.5 Å². The highest BCUT2D eigenvalue weighted by Crippen LogP contribution is 2.27. The molecule has 3 N–H and O–H groups in total. The van der Waals surface area contributed by atoms with Gasteiger partial charge in [-0.1, -0.05) is 0 Å². The first-order valence-corrected chi connectivity index (χ1v) is 6.46. The zero-order valence-electron chi connectivity index (χ0n) is 11.7. The van der Waals surface area contributed by atoms with E-state index in [1.165, 1.54) is 12.1 Å². The van der Waals surface area contributed by atoms with Crippen LogP contribution in [-0.2, 0) is 4.79 Å². The smallest absolute Gasteiger partial charge is 0.270 e. The Morgan fingerprint density at radius 2 is 2.32 bits per heavy atom. The molecular weight excluding hydrogens is 310 g/mol. The van der Waals surface area contributed by atoms with Gasteiger partial charge in [-0.25, -0.2) is 0 Å². The molecule has 2 rings (SSSR count). The van der Waals surface area contributed by atoms with E-state index in [4.69, 9.17) is 11.0 Å². The quantitative estimate of drug-likeness (QED) is 0.601. The van der Waals surface area contributed by atoms with Crippen LogP contribution in [0.4, 0.5) is 11.4 Å². The maximum atomic E-state index is 10.7. The highest BCUT2D eigenvalue weighted by Gasteiger charge is 2.25. The molecule has 1 amide bonds. The van der Waals surface area contributed by atoms with Gasteiger partial charge in [0.05, 0.1) is 22.7 Å². The third-order valence-corrected chi connectivity index (χ3v) is 3.41. The molecule has 1 heterocycles. The maximum Gasteiger partial charge on any atom is 0.270 e. The number of carbonyl (C=O) groups excluding carboxylic acids is 1. The van der Waals surface area contributed by atoms with Gasteiger partial charge in [0.1, 0.15) is 6.07 Å². The van der Waals surface area contributed by atoms with Crippen molar-refractivity contribution in [2.75, 3.05) is 24.5 Å². The van der Waals surface area contributed by atoms with Crippen molar-refractivity contribution in [1.29, 1.82) is 5.26 Å². The number of nitrogens with two attached hydrogens (primary N) is 1. The van der Waals surface area contributed by atoms with Crippen molar-refractivity contribution in [1.82, 2.24) is 5.32 Å². The summed E-state index contributed by atoms with van der Waals surface area (Å²) in [5, 5.41) is 22.9. The lowest BCUT2D eigenvalue weighted by Gasteiger charge is -2.20. The van der Waals surface area contributed by atoms with Crippen molar-refractivity contribution in [3.63, 3.8) is 0 Å². The van der Waals surface area contributed by atoms with Gasteiger partial charge >= 0.3 is 0 Å². The van der Waals surface area contributed by atoms with Crippen LogP contribution in [0.5, 0.6) is 0 Å². The molecule has 8 nitrogen and oxygen atoms in total. The predicted octanol–water partition coefficient (Wildman–Crippen LogP) is 0.542. The lowest BCUT2D eigenvalue weighted by molar-refractivity contribution is -0.384. The molecule has 1 aromatic rings. The zero-order chi connectivity index (χ0) is 15.4. The Bertz CT molecular complexity index is 616. The summed E-state index contributed by atoms with van der Waals surface area (Å²) in [6.07, 6.45) is 0.815. The molecule has 22 heavy (non-hydrogen) atoms. The molecule has 1 aromatic carbocycles. The van der Waals surface area contributed by atoms with Gasteiger partial charge in [-0.2, -0.15) is 5.26 Å². The second-order valence-corrected chi connectivity index (χ2v) is 4.85. The number of nitrogens with one attached hydrogen (secondary N) is 1. The molecule has 1 saturated heterocycles. The predicted molar refractivity (Wildman–Crippen MR) is 82.9 cm³/mol. The summed E-state index contributed by atoms with van der Waals surface area (Å²) in [4.78, 5) is 22.9. The number of benzene rings is 1. The van der Waals surface area contributed by atoms with Gasteiger partial charge in [0.2, 0.25) is 5.91 Å². The van der Waals surface area contributed by atoms with Crippen molar-refractivity contribution >= 4 is 29.7 Å².